The summed E-state index contributed by atoms with van der Waals surface area (Å²) in [5.41, 5.74) is 1.35. The van der Waals surface area contributed by atoms with E-state index in [-0.39, 0.29) is 30.5 Å². The molecule has 2 aliphatic carbocycles. The van der Waals surface area contributed by atoms with Gasteiger partial charge in [-0.2, -0.15) is 0 Å². The number of amides is 2. The largest absolute Gasteiger partial charge is 0.359 e. The highest BCUT2D eigenvalue weighted by atomic mass is 35.5. The Labute approximate surface area is 272 Å². The maximum Gasteiger partial charge on any atom is 0.253 e. The van der Waals surface area contributed by atoms with Gasteiger partial charge in [0.15, 0.2) is 0 Å². The minimum Gasteiger partial charge on any atom is -0.359 e. The van der Waals surface area contributed by atoms with E-state index in [0.29, 0.717) is 34.0 Å². The fourth-order valence-corrected chi connectivity index (χ4v) is 8.33. The molecule has 4 atom stereocenters. The molecule has 1 unspecified atom stereocenters. The first-order chi connectivity index (χ1) is 21.6. The van der Waals surface area contributed by atoms with Gasteiger partial charge in [-0.15, -0.1) is 0 Å². The van der Waals surface area contributed by atoms with E-state index < -0.39 is 51.3 Å². The van der Waals surface area contributed by atoms with Gasteiger partial charge >= 0.3 is 0 Å². The van der Waals surface area contributed by atoms with Gasteiger partial charge in [-0.25, -0.2) is 12.8 Å². The second-order valence-electron chi connectivity index (χ2n) is 11.9. The molecule has 3 aromatic carbocycles. The van der Waals surface area contributed by atoms with Crippen molar-refractivity contribution in [1.82, 2.24) is 10.2 Å². The summed E-state index contributed by atoms with van der Waals surface area (Å²) in [6, 6.07) is 18.6. The number of carbonyl (C=O) groups excluding carboxylic acids is 2. The van der Waals surface area contributed by atoms with E-state index >= 15 is 4.39 Å². The molecule has 12 heteroatoms. The summed E-state index contributed by atoms with van der Waals surface area (Å²) in [7, 11) is -2.44. The SMILES string of the molecule is CNC(=O)C[C@H]1O[C@H](c2cccc(Cl)c2)[C@@H](c2ccc(Cl)cc2)N(C(CN(c2ccccc2F)S(=O)(=O)C2CC2)C2CC2)C1=O. The van der Waals surface area contributed by atoms with Crippen molar-refractivity contribution in [2.75, 3.05) is 17.9 Å². The number of nitrogens with zero attached hydrogens (tertiary/aromatic N) is 2. The van der Waals surface area contributed by atoms with Crippen LogP contribution < -0.4 is 9.62 Å². The van der Waals surface area contributed by atoms with Gasteiger partial charge in [-0.05, 0) is 79.1 Å². The molecule has 0 aromatic heterocycles. The van der Waals surface area contributed by atoms with E-state index in [4.69, 9.17) is 27.9 Å². The van der Waals surface area contributed by atoms with Crippen LogP contribution in [-0.2, 0) is 24.3 Å². The average molecular weight is 675 g/mol. The zero-order chi connectivity index (χ0) is 31.9. The first kappa shape index (κ1) is 31.8. The number of hydrogen-bond acceptors (Lipinski definition) is 5. The van der Waals surface area contributed by atoms with Gasteiger partial charge in [-0.1, -0.05) is 59.6 Å². The average Bonchev–Trinajstić information content (AvgIpc) is 3.93. The van der Waals surface area contributed by atoms with Gasteiger partial charge in [0, 0.05) is 17.1 Å². The molecule has 3 aliphatic rings. The Kier molecular flexibility index (Phi) is 9.12. The number of ether oxygens (including phenoxy) is 1. The molecule has 2 saturated carbocycles. The van der Waals surface area contributed by atoms with Crippen LogP contribution in [0.3, 0.4) is 0 Å². The molecule has 0 spiro atoms. The Balaban J connectivity index is 1.50. The lowest BCUT2D eigenvalue weighted by atomic mass is 9.89. The molecule has 2 amide bonds. The Hall–Kier alpha value is -3.18. The number of benzene rings is 3. The Morgan fingerprint density at radius 3 is 2.33 bits per heavy atom. The second kappa shape index (κ2) is 12.9. The maximum absolute atomic E-state index is 15.3. The van der Waals surface area contributed by atoms with E-state index in [1.807, 2.05) is 18.2 Å². The van der Waals surface area contributed by atoms with Gasteiger partial charge in [0.1, 0.15) is 18.0 Å². The monoisotopic (exact) mass is 673 g/mol. The fraction of sp³-hybridized carbons (Fsp3) is 0.394. The molecule has 6 rings (SSSR count). The Bertz CT molecular complexity index is 1680. The Morgan fingerprint density at radius 1 is 1.00 bits per heavy atom. The molecule has 0 bridgehead atoms. The summed E-state index contributed by atoms with van der Waals surface area (Å²) in [6.45, 7) is -0.144. The first-order valence-corrected chi connectivity index (χ1v) is 17.3. The summed E-state index contributed by atoms with van der Waals surface area (Å²) in [6.07, 6.45) is 0.372. The summed E-state index contributed by atoms with van der Waals surface area (Å²) in [4.78, 5) is 28.9. The lowest BCUT2D eigenvalue weighted by Crippen LogP contribution is -2.59. The number of halogens is 3. The van der Waals surface area contributed by atoms with Crippen LogP contribution in [0, 0.1) is 11.7 Å². The molecule has 3 fully saturated rings. The van der Waals surface area contributed by atoms with Crippen molar-refractivity contribution in [3.63, 3.8) is 0 Å². The first-order valence-electron chi connectivity index (χ1n) is 15.0. The van der Waals surface area contributed by atoms with Gasteiger partial charge < -0.3 is 15.0 Å². The van der Waals surface area contributed by atoms with E-state index in [2.05, 4.69) is 5.32 Å². The highest BCUT2D eigenvalue weighted by molar-refractivity contribution is 7.93. The van der Waals surface area contributed by atoms with Crippen molar-refractivity contribution in [2.24, 2.45) is 5.92 Å². The minimum atomic E-state index is -3.93. The number of para-hydroxylation sites is 1. The molecule has 1 saturated heterocycles. The molecule has 3 aromatic rings. The molecular formula is C33H34Cl2FN3O5S. The van der Waals surface area contributed by atoms with Crippen molar-refractivity contribution in [1.29, 1.82) is 0 Å². The predicted molar refractivity (Wildman–Crippen MR) is 171 cm³/mol. The molecule has 0 radical (unpaired) electrons. The lowest BCUT2D eigenvalue weighted by Gasteiger charge is -2.49. The molecule has 238 valence electrons. The molecule has 8 nitrogen and oxygen atoms in total. The highest BCUT2D eigenvalue weighted by Gasteiger charge is 2.52. The van der Waals surface area contributed by atoms with Gasteiger partial charge in [0.05, 0.1) is 36.0 Å². The summed E-state index contributed by atoms with van der Waals surface area (Å²) in [5.74, 6) is -1.53. The van der Waals surface area contributed by atoms with Crippen LogP contribution >= 0.6 is 23.2 Å². The summed E-state index contributed by atoms with van der Waals surface area (Å²) in [5, 5.41) is 2.94. The maximum atomic E-state index is 15.3. The third-order valence-corrected chi connectivity index (χ3v) is 11.5. The zero-order valence-corrected chi connectivity index (χ0v) is 26.9. The number of anilines is 1. The van der Waals surface area contributed by atoms with Crippen LogP contribution in [0.25, 0.3) is 0 Å². The second-order valence-corrected chi connectivity index (χ2v) is 14.9. The van der Waals surface area contributed by atoms with E-state index in [1.165, 1.54) is 25.2 Å². The smallest absolute Gasteiger partial charge is 0.253 e. The van der Waals surface area contributed by atoms with Crippen molar-refractivity contribution >= 4 is 50.7 Å². The van der Waals surface area contributed by atoms with Crippen LogP contribution in [0.4, 0.5) is 10.1 Å². The standard InChI is InChI=1S/C33H34Cl2FN3O5S/c1-37-30(40)18-29-33(41)39(31(21-11-13-23(34)14-12-21)32(44-29)22-5-4-6-24(35)17-22)28(20-9-10-20)19-38(45(42,43)25-15-16-25)27-8-3-2-7-26(27)36/h2-8,11-14,17,20,25,28-29,31-32H,9-10,15-16,18-19H2,1H3,(H,37,40)/t28?,29-,31-,32-/m1/s1. The van der Waals surface area contributed by atoms with E-state index in [9.17, 15) is 18.0 Å². The molecule has 45 heavy (non-hydrogen) atoms. The quantitative estimate of drug-likeness (QED) is 0.267. The van der Waals surface area contributed by atoms with Gasteiger partial charge in [0.2, 0.25) is 15.9 Å². The third kappa shape index (κ3) is 6.70. The van der Waals surface area contributed by atoms with Crippen molar-refractivity contribution in [2.45, 2.75) is 61.6 Å². The lowest BCUT2D eigenvalue weighted by molar-refractivity contribution is -0.181. The van der Waals surface area contributed by atoms with Crippen LogP contribution in [0.1, 0.15) is 55.4 Å². The number of rotatable bonds is 11. The third-order valence-electron chi connectivity index (χ3n) is 8.72. The summed E-state index contributed by atoms with van der Waals surface area (Å²) >= 11 is 12.7. The molecule has 1 N–H and O–H groups in total. The van der Waals surface area contributed by atoms with Crippen LogP contribution in [0.5, 0.6) is 0 Å². The zero-order valence-electron chi connectivity index (χ0n) is 24.6. The number of hydrogen-bond donors (Lipinski definition) is 1. The van der Waals surface area contributed by atoms with Gasteiger partial charge in [0.25, 0.3) is 5.91 Å². The normalized spacial score (nSPS) is 22.6. The van der Waals surface area contributed by atoms with Crippen molar-refractivity contribution in [3.8, 4) is 0 Å². The van der Waals surface area contributed by atoms with Crippen LogP contribution in [0.2, 0.25) is 10.0 Å². The van der Waals surface area contributed by atoms with Crippen LogP contribution in [-0.4, -0.2) is 56.1 Å². The molecular weight excluding hydrogens is 640 g/mol. The van der Waals surface area contributed by atoms with Crippen LogP contribution in [0.15, 0.2) is 72.8 Å². The number of morpholine rings is 1. The number of carbonyl (C=O) groups is 2. The highest BCUT2D eigenvalue weighted by Crippen LogP contribution is 2.49. The molecule has 1 heterocycles. The number of nitrogens with one attached hydrogen (secondary N) is 1. The van der Waals surface area contributed by atoms with E-state index in [0.717, 1.165) is 17.1 Å². The Morgan fingerprint density at radius 2 is 1.71 bits per heavy atom. The van der Waals surface area contributed by atoms with Crippen molar-refractivity contribution < 1.29 is 27.1 Å². The minimum absolute atomic E-state index is 0.0490. The predicted octanol–water partition coefficient (Wildman–Crippen LogP) is 6.06. The molecule has 1 aliphatic heterocycles. The van der Waals surface area contributed by atoms with Gasteiger partial charge in [-0.3, -0.25) is 13.9 Å². The topological polar surface area (TPSA) is 96.0 Å². The van der Waals surface area contributed by atoms with E-state index in [1.54, 1.807) is 41.3 Å². The fourth-order valence-electron chi connectivity index (χ4n) is 6.13. The van der Waals surface area contributed by atoms with Crippen molar-refractivity contribution in [3.05, 3.63) is 99.8 Å². The summed E-state index contributed by atoms with van der Waals surface area (Å²) < 4.78 is 50.7. The number of sulfonamides is 1.